The van der Waals surface area contributed by atoms with Gasteiger partial charge in [-0.15, -0.1) is 0 Å². The minimum Gasteiger partial charge on any atom is -0.481 e. The van der Waals surface area contributed by atoms with E-state index in [4.69, 9.17) is 21.1 Å². The number of carboxylic acids is 1. The fourth-order valence-corrected chi connectivity index (χ4v) is 3.02. The Kier molecular flexibility index (Phi) is 6.92. The summed E-state index contributed by atoms with van der Waals surface area (Å²) < 4.78 is 0. The van der Waals surface area contributed by atoms with Gasteiger partial charge in [0.15, 0.2) is 0 Å². The zero-order chi connectivity index (χ0) is 20.0. The number of nitrogens with two attached hydrogens (primary N) is 1. The average molecular weight is 374 g/mol. The van der Waals surface area contributed by atoms with Crippen molar-refractivity contribution in [3.05, 3.63) is 35.4 Å². The Morgan fingerprint density at radius 1 is 1.37 bits per heavy atom. The molecule has 1 aromatic rings. The number of nitrogens with one attached hydrogen (secondary N) is 2. The molecule has 1 unspecified atom stereocenters. The summed E-state index contributed by atoms with van der Waals surface area (Å²) in [4.78, 5) is 28.6. The maximum Gasteiger partial charge on any atom is 0.305 e. The van der Waals surface area contributed by atoms with Gasteiger partial charge in [-0.25, -0.2) is 0 Å². The van der Waals surface area contributed by atoms with Crippen molar-refractivity contribution in [1.82, 2.24) is 5.32 Å². The Morgan fingerprint density at radius 3 is 2.59 bits per heavy atom. The second-order valence-electron chi connectivity index (χ2n) is 7.16. The van der Waals surface area contributed by atoms with Crippen molar-refractivity contribution >= 4 is 23.4 Å². The quantitative estimate of drug-likeness (QED) is 0.386. The lowest BCUT2D eigenvalue weighted by molar-refractivity contribution is -0.137. The standard InChI is InChI=1S/C19H26N4O4/c1-11(2)7-14(8-18(25)26)22-17(24)10-15-9-16(23-27-15)12-3-5-13(6-4-12)19(20)21/h3-6,11,14-15H,7-10H2,1-2H3,(H3,20,21)(H,22,24)(H,25,26)/t14-,15?/m1/s1. The molecule has 2 rings (SSSR count). The molecule has 1 aliphatic heterocycles. The molecule has 0 saturated carbocycles. The van der Waals surface area contributed by atoms with E-state index in [-0.39, 0.29) is 36.6 Å². The zero-order valence-electron chi connectivity index (χ0n) is 15.6. The Labute approximate surface area is 158 Å². The van der Waals surface area contributed by atoms with Crippen LogP contribution in [-0.2, 0) is 14.4 Å². The summed E-state index contributed by atoms with van der Waals surface area (Å²) in [5.41, 5.74) is 7.65. The van der Waals surface area contributed by atoms with E-state index < -0.39 is 12.0 Å². The van der Waals surface area contributed by atoms with Gasteiger partial charge in [-0.05, 0) is 17.9 Å². The van der Waals surface area contributed by atoms with Crippen LogP contribution in [-0.4, -0.2) is 40.7 Å². The predicted molar refractivity (Wildman–Crippen MR) is 102 cm³/mol. The summed E-state index contributed by atoms with van der Waals surface area (Å²) in [6.07, 6.45) is 0.734. The summed E-state index contributed by atoms with van der Waals surface area (Å²) in [6.45, 7) is 3.97. The summed E-state index contributed by atoms with van der Waals surface area (Å²) in [7, 11) is 0. The number of aliphatic carboxylic acids is 1. The first-order valence-corrected chi connectivity index (χ1v) is 8.93. The first kappa shape index (κ1) is 20.4. The van der Waals surface area contributed by atoms with E-state index in [9.17, 15) is 9.59 Å². The van der Waals surface area contributed by atoms with Crippen molar-refractivity contribution in [3.8, 4) is 0 Å². The third-order valence-electron chi connectivity index (χ3n) is 4.22. The number of benzene rings is 1. The molecule has 1 aliphatic rings. The van der Waals surface area contributed by atoms with Gasteiger partial charge >= 0.3 is 5.97 Å². The van der Waals surface area contributed by atoms with E-state index in [0.717, 1.165) is 11.3 Å². The molecule has 8 heteroatoms. The first-order valence-electron chi connectivity index (χ1n) is 8.93. The van der Waals surface area contributed by atoms with E-state index in [1.807, 2.05) is 26.0 Å². The van der Waals surface area contributed by atoms with Crippen molar-refractivity contribution in [1.29, 1.82) is 5.41 Å². The van der Waals surface area contributed by atoms with Crippen molar-refractivity contribution in [2.45, 2.75) is 51.7 Å². The highest BCUT2D eigenvalue weighted by atomic mass is 16.6. The number of carboxylic acid groups (broad SMARTS) is 1. The van der Waals surface area contributed by atoms with Gasteiger partial charge in [0.05, 0.1) is 18.6 Å². The van der Waals surface area contributed by atoms with Crippen LogP contribution in [0.2, 0.25) is 0 Å². The van der Waals surface area contributed by atoms with Crippen LogP contribution in [0.15, 0.2) is 29.4 Å². The van der Waals surface area contributed by atoms with E-state index in [1.54, 1.807) is 12.1 Å². The van der Waals surface area contributed by atoms with Crippen LogP contribution < -0.4 is 11.1 Å². The third kappa shape index (κ3) is 6.40. The summed E-state index contributed by atoms with van der Waals surface area (Å²) >= 11 is 0. The molecular weight excluding hydrogens is 348 g/mol. The molecule has 146 valence electrons. The van der Waals surface area contributed by atoms with Crippen LogP contribution in [0.3, 0.4) is 0 Å². The van der Waals surface area contributed by atoms with E-state index in [0.29, 0.717) is 18.4 Å². The lowest BCUT2D eigenvalue weighted by Crippen LogP contribution is -2.38. The van der Waals surface area contributed by atoms with Gasteiger partial charge < -0.3 is 21.0 Å². The maximum atomic E-state index is 12.3. The van der Waals surface area contributed by atoms with Crippen molar-refractivity contribution in [2.75, 3.05) is 0 Å². The molecule has 0 spiro atoms. The molecule has 2 atom stereocenters. The van der Waals surface area contributed by atoms with Crippen LogP contribution in [0.4, 0.5) is 0 Å². The molecule has 1 aromatic carbocycles. The van der Waals surface area contributed by atoms with E-state index >= 15 is 0 Å². The summed E-state index contributed by atoms with van der Waals surface area (Å²) in [5.74, 6) is -0.892. The number of oxime groups is 1. The Bertz CT molecular complexity index is 728. The predicted octanol–water partition coefficient (Wildman–Crippen LogP) is 1.86. The average Bonchev–Trinajstić information content (AvgIpc) is 3.01. The van der Waals surface area contributed by atoms with Gasteiger partial charge in [-0.1, -0.05) is 43.3 Å². The topological polar surface area (TPSA) is 138 Å². The molecule has 1 amide bonds. The highest BCUT2D eigenvalue weighted by Crippen LogP contribution is 2.20. The molecule has 0 saturated heterocycles. The smallest absolute Gasteiger partial charge is 0.305 e. The van der Waals surface area contributed by atoms with Gasteiger partial charge in [-0.3, -0.25) is 15.0 Å². The molecule has 0 radical (unpaired) electrons. The van der Waals surface area contributed by atoms with Gasteiger partial charge in [0, 0.05) is 18.0 Å². The summed E-state index contributed by atoms with van der Waals surface area (Å²) in [6, 6.07) is 6.71. The second-order valence-corrected chi connectivity index (χ2v) is 7.16. The molecule has 0 fully saturated rings. The van der Waals surface area contributed by atoms with Crippen molar-refractivity contribution in [3.63, 3.8) is 0 Å². The number of hydrogen-bond acceptors (Lipinski definition) is 5. The minimum atomic E-state index is -0.933. The molecule has 27 heavy (non-hydrogen) atoms. The highest BCUT2D eigenvalue weighted by molar-refractivity contribution is 6.02. The van der Waals surface area contributed by atoms with Gasteiger partial charge in [0.25, 0.3) is 0 Å². The largest absolute Gasteiger partial charge is 0.481 e. The van der Waals surface area contributed by atoms with Crippen LogP contribution >= 0.6 is 0 Å². The number of nitrogens with zero attached hydrogens (tertiary/aromatic N) is 1. The lowest BCUT2D eigenvalue weighted by atomic mass is 10.00. The van der Waals surface area contributed by atoms with Crippen LogP contribution in [0, 0.1) is 11.3 Å². The van der Waals surface area contributed by atoms with Crippen LogP contribution in [0.25, 0.3) is 0 Å². The normalized spacial score (nSPS) is 17.1. The molecule has 5 N–H and O–H groups in total. The zero-order valence-corrected chi connectivity index (χ0v) is 15.6. The van der Waals surface area contributed by atoms with E-state index in [2.05, 4.69) is 10.5 Å². The highest BCUT2D eigenvalue weighted by Gasteiger charge is 2.26. The second kappa shape index (κ2) is 9.16. The Morgan fingerprint density at radius 2 is 2.04 bits per heavy atom. The third-order valence-corrected chi connectivity index (χ3v) is 4.22. The van der Waals surface area contributed by atoms with Crippen LogP contribution in [0.5, 0.6) is 0 Å². The monoisotopic (exact) mass is 374 g/mol. The number of carbonyl (C=O) groups excluding carboxylic acids is 1. The minimum absolute atomic E-state index is 0.00183. The fraction of sp³-hybridized carbons (Fsp3) is 0.474. The number of carbonyl (C=O) groups is 2. The van der Waals surface area contributed by atoms with Crippen molar-refractivity contribution in [2.24, 2.45) is 16.8 Å². The number of hydrogen-bond donors (Lipinski definition) is 4. The SMILES string of the molecule is CC(C)C[C@H](CC(=O)O)NC(=O)CC1CC(c2ccc(C(=N)N)cc2)=NO1. The first-order chi connectivity index (χ1) is 12.7. The maximum absolute atomic E-state index is 12.3. The number of amides is 1. The van der Waals surface area contributed by atoms with E-state index in [1.165, 1.54) is 0 Å². The number of rotatable bonds is 9. The Hall–Kier alpha value is -2.90. The van der Waals surface area contributed by atoms with Crippen molar-refractivity contribution < 1.29 is 19.5 Å². The molecule has 8 nitrogen and oxygen atoms in total. The van der Waals surface area contributed by atoms with Gasteiger partial charge in [-0.2, -0.15) is 0 Å². The lowest BCUT2D eigenvalue weighted by Gasteiger charge is -2.19. The molecule has 0 bridgehead atoms. The molecule has 0 aliphatic carbocycles. The molecule has 0 aromatic heterocycles. The van der Waals surface area contributed by atoms with Crippen LogP contribution in [0.1, 0.15) is 50.7 Å². The Balaban J connectivity index is 1.87. The fourth-order valence-electron chi connectivity index (χ4n) is 3.02. The number of amidine groups is 1. The molecule has 1 heterocycles. The van der Waals surface area contributed by atoms with Gasteiger partial charge in [0.1, 0.15) is 11.9 Å². The number of nitrogen functional groups attached to an aromatic ring is 1. The van der Waals surface area contributed by atoms with Gasteiger partial charge in [0.2, 0.25) is 5.91 Å². The summed E-state index contributed by atoms with van der Waals surface area (Å²) in [5, 5.41) is 23.2. The molecular formula is C19H26N4O4.